The molecule has 5 rings (SSSR count). The number of esters is 2. The first kappa shape index (κ1) is 34.2. The predicted octanol–water partition coefficient (Wildman–Crippen LogP) is 8.56. The monoisotopic (exact) mass is 652 g/mol. The fourth-order valence-corrected chi connectivity index (χ4v) is 5.37. The molecule has 0 N–H and O–H groups in total. The van der Waals surface area contributed by atoms with E-state index in [1.807, 2.05) is 0 Å². The van der Waals surface area contributed by atoms with Gasteiger partial charge in [-0.3, -0.25) is 9.59 Å². The highest BCUT2D eigenvalue weighted by molar-refractivity contribution is 5.83. The van der Waals surface area contributed by atoms with E-state index in [0.29, 0.717) is 35.0 Å². The predicted molar refractivity (Wildman–Crippen MR) is 183 cm³/mol. The quantitative estimate of drug-likeness (QED) is 0.0578. The lowest BCUT2D eigenvalue weighted by Crippen LogP contribution is -2.09. The van der Waals surface area contributed by atoms with E-state index in [0.717, 1.165) is 64.2 Å². The van der Waals surface area contributed by atoms with Crippen LogP contribution in [0.15, 0.2) is 79.1 Å². The maximum absolute atomic E-state index is 13.0. The summed E-state index contributed by atoms with van der Waals surface area (Å²) < 4.78 is 22.0. The van der Waals surface area contributed by atoms with E-state index in [1.165, 1.54) is 12.1 Å². The molecule has 0 fully saturated rings. The molecule has 0 amide bonds. The van der Waals surface area contributed by atoms with Gasteiger partial charge in [0.15, 0.2) is 0 Å². The molecule has 0 aliphatic carbocycles. The van der Waals surface area contributed by atoms with Crippen molar-refractivity contribution in [1.82, 2.24) is 9.97 Å². The number of unbranched alkanes of at least 4 members (excludes halogenated alkanes) is 8. The SMILES string of the molecule is CCCCCCCC(=O)Oc1ccc2nc(-c3cccc(-c4nc5ccc(OC(=O)CCCCCCC)cc5c(=O)o4)c3)oc(=O)c2c1. The van der Waals surface area contributed by atoms with Crippen LogP contribution in [-0.2, 0) is 9.59 Å². The van der Waals surface area contributed by atoms with E-state index >= 15 is 0 Å². The molecule has 10 heteroatoms. The number of rotatable bonds is 16. The summed E-state index contributed by atoms with van der Waals surface area (Å²) in [7, 11) is 0. The van der Waals surface area contributed by atoms with Gasteiger partial charge in [0.05, 0.1) is 21.8 Å². The zero-order valence-electron chi connectivity index (χ0n) is 27.4. The van der Waals surface area contributed by atoms with Crippen LogP contribution in [0.2, 0.25) is 0 Å². The molecule has 0 spiro atoms. The molecule has 0 bridgehead atoms. The highest BCUT2D eigenvalue weighted by Gasteiger charge is 2.15. The highest BCUT2D eigenvalue weighted by atomic mass is 16.5. The minimum atomic E-state index is -0.638. The van der Waals surface area contributed by atoms with Crippen LogP contribution in [0, 0.1) is 0 Å². The lowest BCUT2D eigenvalue weighted by molar-refractivity contribution is -0.135. The Morgan fingerprint density at radius 2 is 1.02 bits per heavy atom. The van der Waals surface area contributed by atoms with Crippen LogP contribution in [0.3, 0.4) is 0 Å². The van der Waals surface area contributed by atoms with Crippen molar-refractivity contribution >= 4 is 33.7 Å². The van der Waals surface area contributed by atoms with E-state index in [4.69, 9.17) is 18.3 Å². The number of benzene rings is 3. The Morgan fingerprint density at radius 1 is 0.583 bits per heavy atom. The van der Waals surface area contributed by atoms with Gasteiger partial charge in [0, 0.05) is 24.0 Å². The maximum Gasteiger partial charge on any atom is 0.347 e. The first-order chi connectivity index (χ1) is 23.3. The molecule has 0 radical (unpaired) electrons. The first-order valence-corrected chi connectivity index (χ1v) is 16.8. The standard InChI is InChI=1S/C38H40N2O8/c1-3-5-7-9-11-16-33(41)45-27-18-20-31-29(23-27)37(43)47-35(39-31)25-14-13-15-26(22-25)36-40-32-21-19-28(24-30(32)38(44)48-36)46-34(42)17-12-10-8-6-4-2/h13-15,18-24H,3-12,16-17H2,1-2H3. The normalized spacial score (nSPS) is 11.2. The van der Waals surface area contributed by atoms with Gasteiger partial charge in [0.25, 0.3) is 0 Å². The number of hydrogen-bond donors (Lipinski definition) is 0. The molecule has 3 aromatic carbocycles. The highest BCUT2D eigenvalue weighted by Crippen LogP contribution is 2.27. The molecule has 2 aromatic heterocycles. The molecule has 0 atom stereocenters. The third-order valence-electron chi connectivity index (χ3n) is 7.99. The summed E-state index contributed by atoms with van der Waals surface area (Å²) in [6.45, 7) is 4.28. The van der Waals surface area contributed by atoms with Crippen LogP contribution in [0.5, 0.6) is 11.5 Å². The number of carbonyl (C=O) groups is 2. The summed E-state index contributed by atoms with van der Waals surface area (Å²) in [4.78, 5) is 59.5. The van der Waals surface area contributed by atoms with E-state index in [-0.39, 0.29) is 46.0 Å². The molecule has 0 saturated carbocycles. The minimum Gasteiger partial charge on any atom is -0.427 e. The number of fused-ring (bicyclic) bond motifs is 2. The molecular formula is C38H40N2O8. The van der Waals surface area contributed by atoms with Crippen molar-refractivity contribution < 1.29 is 27.9 Å². The van der Waals surface area contributed by atoms with Crippen LogP contribution in [0.25, 0.3) is 44.7 Å². The van der Waals surface area contributed by atoms with E-state index in [9.17, 15) is 19.2 Å². The Labute approximate surface area is 278 Å². The number of aromatic nitrogens is 2. The summed E-state index contributed by atoms with van der Waals surface area (Å²) in [6, 6.07) is 16.1. The Kier molecular flexibility index (Phi) is 11.9. The summed E-state index contributed by atoms with van der Waals surface area (Å²) in [5, 5.41) is 0.365. The van der Waals surface area contributed by atoms with Gasteiger partial charge in [-0.15, -0.1) is 0 Å². The molecule has 5 aromatic rings. The largest absolute Gasteiger partial charge is 0.427 e. The van der Waals surface area contributed by atoms with Crippen molar-refractivity contribution in [3.63, 3.8) is 0 Å². The van der Waals surface area contributed by atoms with Crippen molar-refractivity contribution in [2.75, 3.05) is 0 Å². The van der Waals surface area contributed by atoms with Crippen molar-refractivity contribution in [3.8, 4) is 34.4 Å². The number of hydrogen-bond acceptors (Lipinski definition) is 10. The topological polar surface area (TPSA) is 139 Å². The van der Waals surface area contributed by atoms with Gasteiger partial charge in [-0.2, -0.15) is 0 Å². The zero-order chi connectivity index (χ0) is 33.9. The van der Waals surface area contributed by atoms with Crippen molar-refractivity contribution in [3.05, 3.63) is 81.5 Å². The van der Waals surface area contributed by atoms with Crippen LogP contribution in [-0.4, -0.2) is 21.9 Å². The number of carbonyl (C=O) groups excluding carboxylic acids is 2. The molecule has 48 heavy (non-hydrogen) atoms. The Morgan fingerprint density at radius 3 is 1.46 bits per heavy atom. The van der Waals surface area contributed by atoms with Crippen LogP contribution in [0.1, 0.15) is 90.9 Å². The van der Waals surface area contributed by atoms with Gasteiger partial charge >= 0.3 is 23.2 Å². The summed E-state index contributed by atoms with van der Waals surface area (Å²) in [5.74, 6) is -0.0658. The molecule has 0 saturated heterocycles. The average molecular weight is 653 g/mol. The average Bonchev–Trinajstić information content (AvgIpc) is 3.08. The fraction of sp³-hybridized carbons (Fsp3) is 0.368. The Bertz CT molecular complexity index is 1870. The Hall–Kier alpha value is -5.12. The van der Waals surface area contributed by atoms with Crippen LogP contribution < -0.4 is 20.7 Å². The second kappa shape index (κ2) is 16.6. The van der Waals surface area contributed by atoms with Gasteiger partial charge in [-0.1, -0.05) is 71.3 Å². The maximum atomic E-state index is 13.0. The van der Waals surface area contributed by atoms with E-state index < -0.39 is 11.3 Å². The summed E-state index contributed by atoms with van der Waals surface area (Å²) in [6.07, 6.45) is 10.8. The second-order valence-electron chi connectivity index (χ2n) is 11.8. The molecule has 0 aliphatic rings. The van der Waals surface area contributed by atoms with Crippen molar-refractivity contribution in [1.29, 1.82) is 0 Å². The first-order valence-electron chi connectivity index (χ1n) is 16.8. The van der Waals surface area contributed by atoms with Gasteiger partial charge < -0.3 is 18.3 Å². The van der Waals surface area contributed by atoms with E-state index in [2.05, 4.69) is 23.8 Å². The Balaban J connectivity index is 1.30. The molecule has 0 aliphatic heterocycles. The van der Waals surface area contributed by atoms with Gasteiger partial charge in [-0.25, -0.2) is 19.6 Å². The third kappa shape index (κ3) is 9.02. The van der Waals surface area contributed by atoms with Gasteiger partial charge in [0.2, 0.25) is 11.8 Å². The molecule has 0 unspecified atom stereocenters. The lowest BCUT2D eigenvalue weighted by atomic mass is 10.1. The molecule has 2 heterocycles. The number of nitrogens with zero attached hydrogens (tertiary/aromatic N) is 2. The number of ether oxygens (including phenoxy) is 2. The zero-order valence-corrected chi connectivity index (χ0v) is 27.4. The molecular weight excluding hydrogens is 612 g/mol. The van der Waals surface area contributed by atoms with Gasteiger partial charge in [-0.05, 0) is 67.4 Å². The third-order valence-corrected chi connectivity index (χ3v) is 7.99. The molecule has 250 valence electrons. The smallest absolute Gasteiger partial charge is 0.347 e. The van der Waals surface area contributed by atoms with Crippen molar-refractivity contribution in [2.45, 2.75) is 90.9 Å². The summed E-state index contributed by atoms with van der Waals surface area (Å²) >= 11 is 0. The van der Waals surface area contributed by atoms with Crippen LogP contribution >= 0.6 is 0 Å². The summed E-state index contributed by atoms with van der Waals surface area (Å²) in [5.41, 5.74) is 0.393. The lowest BCUT2D eigenvalue weighted by Gasteiger charge is -2.08. The second-order valence-corrected chi connectivity index (χ2v) is 11.8. The van der Waals surface area contributed by atoms with E-state index in [1.54, 1.807) is 48.5 Å². The van der Waals surface area contributed by atoms with Crippen molar-refractivity contribution in [2.24, 2.45) is 0 Å². The van der Waals surface area contributed by atoms with Gasteiger partial charge in [0.1, 0.15) is 11.5 Å². The molecule has 10 nitrogen and oxygen atoms in total. The van der Waals surface area contributed by atoms with Crippen LogP contribution in [0.4, 0.5) is 0 Å². The fourth-order valence-electron chi connectivity index (χ4n) is 5.37. The minimum absolute atomic E-state index is 0.0612.